The molecule has 1 aliphatic heterocycles. The van der Waals surface area contributed by atoms with E-state index in [0.717, 1.165) is 66.9 Å². The average molecular weight is 450 g/mol. The van der Waals surface area contributed by atoms with E-state index in [9.17, 15) is 4.79 Å². The second-order valence-electron chi connectivity index (χ2n) is 8.38. The molecule has 1 amide bonds. The first kappa shape index (κ1) is 22.8. The van der Waals surface area contributed by atoms with Crippen LogP contribution in [0.15, 0.2) is 42.5 Å². The number of benzene rings is 2. The Morgan fingerprint density at radius 3 is 2.48 bits per heavy atom. The number of fused-ring (bicyclic) bond motifs is 1. The zero-order valence-electron chi connectivity index (χ0n) is 19.7. The van der Waals surface area contributed by atoms with Crippen molar-refractivity contribution in [1.82, 2.24) is 25.0 Å². The van der Waals surface area contributed by atoms with Gasteiger partial charge in [0.05, 0.1) is 20.3 Å². The molecular formula is C25H31N5O3. The molecule has 0 fully saturated rings. The van der Waals surface area contributed by atoms with Crippen LogP contribution in [-0.2, 0) is 19.5 Å². The number of nitrogens with zero attached hydrogens (tertiary/aromatic N) is 4. The molecule has 33 heavy (non-hydrogen) atoms. The second-order valence-corrected chi connectivity index (χ2v) is 8.38. The molecule has 8 heteroatoms. The van der Waals surface area contributed by atoms with Crippen molar-refractivity contribution in [1.29, 1.82) is 0 Å². The Morgan fingerprint density at radius 2 is 1.79 bits per heavy atom. The molecule has 1 aliphatic rings. The van der Waals surface area contributed by atoms with Crippen molar-refractivity contribution in [3.63, 3.8) is 0 Å². The summed E-state index contributed by atoms with van der Waals surface area (Å²) in [5.41, 5.74) is 2.77. The Labute approximate surface area is 194 Å². The number of methoxy groups -OCH3 is 2. The first-order chi connectivity index (χ1) is 16.0. The van der Waals surface area contributed by atoms with Gasteiger partial charge in [-0.05, 0) is 43.2 Å². The third-order valence-corrected chi connectivity index (χ3v) is 6.09. The maximum atomic E-state index is 12.8. The predicted molar refractivity (Wildman–Crippen MR) is 126 cm³/mol. The lowest BCUT2D eigenvalue weighted by atomic mass is 10.1. The van der Waals surface area contributed by atoms with E-state index in [4.69, 9.17) is 9.47 Å². The van der Waals surface area contributed by atoms with Crippen LogP contribution in [-0.4, -0.2) is 52.9 Å². The van der Waals surface area contributed by atoms with Gasteiger partial charge in [-0.3, -0.25) is 9.69 Å². The zero-order valence-corrected chi connectivity index (χ0v) is 19.7. The smallest absolute Gasteiger partial charge is 0.252 e. The van der Waals surface area contributed by atoms with E-state index in [1.54, 1.807) is 14.2 Å². The van der Waals surface area contributed by atoms with Crippen molar-refractivity contribution < 1.29 is 14.3 Å². The Hall–Kier alpha value is -3.39. The Bertz CT molecular complexity index is 1100. The van der Waals surface area contributed by atoms with Gasteiger partial charge in [0.2, 0.25) is 0 Å². The molecule has 0 saturated heterocycles. The van der Waals surface area contributed by atoms with Gasteiger partial charge in [0, 0.05) is 44.2 Å². The highest BCUT2D eigenvalue weighted by Gasteiger charge is 2.23. The van der Waals surface area contributed by atoms with E-state index in [2.05, 4.69) is 25.0 Å². The summed E-state index contributed by atoms with van der Waals surface area (Å²) in [6.45, 7) is 7.19. The number of carbonyl (C=O) groups excluding carboxylic acids is 1. The maximum absolute atomic E-state index is 12.8. The molecule has 0 spiro atoms. The molecule has 2 heterocycles. The number of ether oxygens (including phenoxy) is 2. The molecule has 1 atom stereocenters. The van der Waals surface area contributed by atoms with E-state index in [1.165, 1.54) is 0 Å². The molecular weight excluding hydrogens is 418 g/mol. The molecule has 0 aliphatic carbocycles. The summed E-state index contributed by atoms with van der Waals surface area (Å²) < 4.78 is 13.0. The number of rotatable bonds is 7. The van der Waals surface area contributed by atoms with Gasteiger partial charge >= 0.3 is 0 Å². The number of amides is 1. The van der Waals surface area contributed by atoms with Crippen molar-refractivity contribution in [3.05, 3.63) is 70.8 Å². The van der Waals surface area contributed by atoms with Gasteiger partial charge in [0.25, 0.3) is 5.91 Å². The van der Waals surface area contributed by atoms with Crippen LogP contribution in [0, 0.1) is 6.92 Å². The van der Waals surface area contributed by atoms with E-state index in [-0.39, 0.29) is 11.9 Å². The van der Waals surface area contributed by atoms with E-state index in [0.29, 0.717) is 5.56 Å². The van der Waals surface area contributed by atoms with Gasteiger partial charge in [-0.1, -0.05) is 18.2 Å². The highest BCUT2D eigenvalue weighted by molar-refractivity contribution is 5.95. The van der Waals surface area contributed by atoms with Crippen molar-refractivity contribution in [3.8, 4) is 11.5 Å². The van der Waals surface area contributed by atoms with E-state index < -0.39 is 0 Å². The van der Waals surface area contributed by atoms with Crippen molar-refractivity contribution in [2.75, 3.05) is 27.3 Å². The van der Waals surface area contributed by atoms with Crippen LogP contribution < -0.4 is 14.8 Å². The fourth-order valence-electron chi connectivity index (χ4n) is 4.25. The number of carbonyl (C=O) groups is 1. The first-order valence-electron chi connectivity index (χ1n) is 11.2. The zero-order chi connectivity index (χ0) is 23.4. The van der Waals surface area contributed by atoms with Crippen molar-refractivity contribution >= 4 is 5.91 Å². The molecule has 1 unspecified atom stereocenters. The Kier molecular flexibility index (Phi) is 6.93. The highest BCUT2D eigenvalue weighted by atomic mass is 16.5. The molecule has 0 bridgehead atoms. The fraction of sp³-hybridized carbons (Fsp3) is 0.400. The van der Waals surface area contributed by atoms with Crippen LogP contribution in [0.5, 0.6) is 11.5 Å². The second kappa shape index (κ2) is 10.0. The van der Waals surface area contributed by atoms with Gasteiger partial charge in [-0.25, -0.2) is 0 Å². The van der Waals surface area contributed by atoms with Gasteiger partial charge < -0.3 is 19.4 Å². The summed E-state index contributed by atoms with van der Waals surface area (Å²) in [6.07, 6.45) is 0.798. The minimum Gasteiger partial charge on any atom is -0.497 e. The minimum atomic E-state index is -0.243. The normalized spacial score (nSPS) is 14.8. The SMILES string of the molecule is COc1cc(CN2CCc3nnc(C(C)NC(=O)c4ccccc4C)n3CC2)cc(OC)c1. The third kappa shape index (κ3) is 5.17. The maximum Gasteiger partial charge on any atom is 0.252 e. The van der Waals surface area contributed by atoms with Gasteiger partial charge in [0.15, 0.2) is 5.82 Å². The van der Waals surface area contributed by atoms with Crippen LogP contribution in [0.3, 0.4) is 0 Å². The largest absolute Gasteiger partial charge is 0.497 e. The lowest BCUT2D eigenvalue weighted by Gasteiger charge is -2.21. The summed E-state index contributed by atoms with van der Waals surface area (Å²) in [7, 11) is 3.33. The Balaban J connectivity index is 1.43. The summed E-state index contributed by atoms with van der Waals surface area (Å²) in [5, 5.41) is 11.9. The number of aromatic nitrogens is 3. The molecule has 1 N–H and O–H groups in total. The molecule has 0 saturated carbocycles. The van der Waals surface area contributed by atoms with Gasteiger partial charge in [-0.2, -0.15) is 0 Å². The first-order valence-corrected chi connectivity index (χ1v) is 11.2. The van der Waals surface area contributed by atoms with E-state index >= 15 is 0 Å². The monoisotopic (exact) mass is 449 g/mol. The quantitative estimate of drug-likeness (QED) is 0.597. The minimum absolute atomic E-state index is 0.0971. The molecule has 8 nitrogen and oxygen atoms in total. The lowest BCUT2D eigenvalue weighted by Crippen LogP contribution is -2.30. The fourth-order valence-corrected chi connectivity index (χ4v) is 4.25. The molecule has 174 valence electrons. The lowest BCUT2D eigenvalue weighted by molar-refractivity contribution is 0.0937. The Morgan fingerprint density at radius 1 is 1.06 bits per heavy atom. The van der Waals surface area contributed by atoms with Crippen LogP contribution in [0.1, 0.15) is 46.1 Å². The number of hydrogen-bond acceptors (Lipinski definition) is 6. The summed E-state index contributed by atoms with van der Waals surface area (Å²) in [5.74, 6) is 3.22. The topological polar surface area (TPSA) is 81.5 Å². The molecule has 1 aromatic heterocycles. The standard InChI is InChI=1S/C25H31N5O3/c1-17-7-5-6-8-22(17)25(31)26-18(2)24-28-27-23-9-10-29(11-12-30(23)24)16-19-13-20(32-3)15-21(14-19)33-4/h5-8,13-15,18H,9-12,16H2,1-4H3,(H,26,31). The average Bonchev–Trinajstić information content (AvgIpc) is 3.13. The molecule has 2 aromatic carbocycles. The molecule has 0 radical (unpaired) electrons. The summed E-state index contributed by atoms with van der Waals surface area (Å²) >= 11 is 0. The summed E-state index contributed by atoms with van der Waals surface area (Å²) in [4.78, 5) is 15.2. The number of aryl methyl sites for hydroxylation is 1. The number of hydrogen-bond donors (Lipinski definition) is 1. The van der Waals surface area contributed by atoms with Crippen LogP contribution >= 0.6 is 0 Å². The van der Waals surface area contributed by atoms with Crippen LogP contribution in [0.4, 0.5) is 0 Å². The van der Waals surface area contributed by atoms with Crippen LogP contribution in [0.2, 0.25) is 0 Å². The van der Waals surface area contributed by atoms with Gasteiger partial charge in [0.1, 0.15) is 17.3 Å². The van der Waals surface area contributed by atoms with E-state index in [1.807, 2.05) is 56.3 Å². The molecule has 3 aromatic rings. The van der Waals surface area contributed by atoms with Crippen LogP contribution in [0.25, 0.3) is 0 Å². The number of nitrogens with one attached hydrogen (secondary N) is 1. The summed E-state index contributed by atoms with van der Waals surface area (Å²) in [6, 6.07) is 13.3. The predicted octanol–water partition coefficient (Wildman–Crippen LogP) is 3.15. The van der Waals surface area contributed by atoms with Crippen molar-refractivity contribution in [2.24, 2.45) is 0 Å². The molecule has 4 rings (SSSR count). The third-order valence-electron chi connectivity index (χ3n) is 6.09. The van der Waals surface area contributed by atoms with Crippen molar-refractivity contribution in [2.45, 2.75) is 39.4 Å². The van der Waals surface area contributed by atoms with Gasteiger partial charge in [-0.15, -0.1) is 10.2 Å². The highest BCUT2D eigenvalue weighted by Crippen LogP contribution is 2.24.